The molecule has 1 aliphatic rings. The van der Waals surface area contributed by atoms with Crippen LogP contribution in [0.2, 0.25) is 0 Å². The van der Waals surface area contributed by atoms with E-state index < -0.39 is 0 Å². The zero-order chi connectivity index (χ0) is 25.6. The van der Waals surface area contributed by atoms with E-state index in [1.54, 1.807) is 12.2 Å². The van der Waals surface area contributed by atoms with Crippen molar-refractivity contribution < 1.29 is 9.59 Å². The lowest BCUT2D eigenvalue weighted by atomic mass is 9.87. The average molecular weight is 473 g/mol. The van der Waals surface area contributed by atoms with Gasteiger partial charge in [0.25, 0.3) is 0 Å². The molecule has 35 heavy (non-hydrogen) atoms. The highest BCUT2D eigenvalue weighted by molar-refractivity contribution is 5.93. The van der Waals surface area contributed by atoms with Crippen molar-refractivity contribution >= 4 is 24.0 Å². The molecule has 186 valence electrons. The SMILES string of the molecule is CC(C)(C)c1ccc(C=CC(=O)N2CCCN(C(=O)C=Cc3ccc(C(C)(C)C)cc3)CC2)cc1. The highest BCUT2D eigenvalue weighted by Crippen LogP contribution is 2.23. The first-order valence-corrected chi connectivity index (χ1v) is 12.6. The first kappa shape index (κ1) is 26.5. The summed E-state index contributed by atoms with van der Waals surface area (Å²) < 4.78 is 0. The van der Waals surface area contributed by atoms with Crippen LogP contribution in [-0.4, -0.2) is 47.8 Å². The van der Waals surface area contributed by atoms with Gasteiger partial charge in [-0.25, -0.2) is 0 Å². The predicted molar refractivity (Wildman–Crippen MR) is 146 cm³/mol. The van der Waals surface area contributed by atoms with Gasteiger partial charge in [-0.1, -0.05) is 90.1 Å². The summed E-state index contributed by atoms with van der Waals surface area (Å²) in [6, 6.07) is 16.7. The van der Waals surface area contributed by atoms with E-state index in [1.807, 2.05) is 22.0 Å². The molecule has 0 N–H and O–H groups in total. The van der Waals surface area contributed by atoms with Crippen LogP contribution >= 0.6 is 0 Å². The zero-order valence-electron chi connectivity index (χ0n) is 22.2. The largest absolute Gasteiger partial charge is 0.337 e. The molecule has 2 amide bonds. The Kier molecular flexibility index (Phi) is 8.37. The molecule has 1 saturated heterocycles. The van der Waals surface area contributed by atoms with Crippen LogP contribution in [0.25, 0.3) is 12.2 Å². The molecule has 1 heterocycles. The highest BCUT2D eigenvalue weighted by Gasteiger charge is 2.20. The summed E-state index contributed by atoms with van der Waals surface area (Å²) >= 11 is 0. The van der Waals surface area contributed by atoms with E-state index in [1.165, 1.54) is 11.1 Å². The molecule has 3 rings (SSSR count). The molecule has 0 aliphatic carbocycles. The van der Waals surface area contributed by atoms with Crippen LogP contribution in [0.1, 0.15) is 70.2 Å². The molecule has 0 spiro atoms. The van der Waals surface area contributed by atoms with E-state index in [-0.39, 0.29) is 22.6 Å². The Bertz CT molecular complexity index is 977. The summed E-state index contributed by atoms with van der Waals surface area (Å²) in [4.78, 5) is 29.2. The summed E-state index contributed by atoms with van der Waals surface area (Å²) in [5.41, 5.74) is 4.79. The van der Waals surface area contributed by atoms with Crippen LogP contribution in [0.5, 0.6) is 0 Å². The Hall–Kier alpha value is -3.14. The number of amides is 2. The van der Waals surface area contributed by atoms with Crippen molar-refractivity contribution in [3.05, 3.63) is 82.9 Å². The van der Waals surface area contributed by atoms with Crippen molar-refractivity contribution in [2.45, 2.75) is 58.8 Å². The Morgan fingerprint density at radius 2 is 0.943 bits per heavy atom. The molecule has 0 saturated carbocycles. The fourth-order valence-electron chi connectivity index (χ4n) is 4.09. The minimum Gasteiger partial charge on any atom is -0.337 e. The van der Waals surface area contributed by atoms with Gasteiger partial charge in [0.2, 0.25) is 11.8 Å². The van der Waals surface area contributed by atoms with Gasteiger partial charge in [-0.3, -0.25) is 9.59 Å². The summed E-state index contributed by atoms with van der Waals surface area (Å²) in [5, 5.41) is 0. The quantitative estimate of drug-likeness (QED) is 0.507. The van der Waals surface area contributed by atoms with E-state index in [0.717, 1.165) is 17.5 Å². The zero-order valence-corrected chi connectivity index (χ0v) is 22.2. The fraction of sp³-hybridized carbons (Fsp3) is 0.419. The molecular formula is C31H40N2O2. The smallest absolute Gasteiger partial charge is 0.246 e. The molecule has 0 radical (unpaired) electrons. The Balaban J connectivity index is 1.53. The second-order valence-electron chi connectivity index (χ2n) is 11.4. The first-order chi connectivity index (χ1) is 16.4. The second-order valence-corrected chi connectivity index (χ2v) is 11.4. The lowest BCUT2D eigenvalue weighted by Gasteiger charge is -2.20. The third-order valence-electron chi connectivity index (χ3n) is 6.51. The van der Waals surface area contributed by atoms with E-state index in [4.69, 9.17) is 0 Å². The van der Waals surface area contributed by atoms with E-state index in [9.17, 15) is 9.59 Å². The third kappa shape index (κ3) is 7.68. The molecule has 1 aliphatic heterocycles. The predicted octanol–water partition coefficient (Wildman–Crippen LogP) is 6.07. The molecule has 2 aromatic rings. The summed E-state index contributed by atoms with van der Waals surface area (Å²) in [6.07, 6.45) is 7.81. The van der Waals surface area contributed by atoms with Gasteiger partial charge in [0.1, 0.15) is 0 Å². The third-order valence-corrected chi connectivity index (χ3v) is 6.51. The molecule has 4 nitrogen and oxygen atoms in total. The number of carbonyl (C=O) groups is 2. The monoisotopic (exact) mass is 472 g/mol. The van der Waals surface area contributed by atoms with Crippen LogP contribution < -0.4 is 0 Å². The molecule has 1 fully saturated rings. The maximum absolute atomic E-state index is 12.8. The van der Waals surface area contributed by atoms with Gasteiger partial charge >= 0.3 is 0 Å². The van der Waals surface area contributed by atoms with Crippen molar-refractivity contribution in [3.63, 3.8) is 0 Å². The van der Waals surface area contributed by atoms with Crippen molar-refractivity contribution in [2.75, 3.05) is 26.2 Å². The molecule has 2 aromatic carbocycles. The maximum Gasteiger partial charge on any atom is 0.246 e. The topological polar surface area (TPSA) is 40.6 Å². The van der Waals surface area contributed by atoms with E-state index >= 15 is 0 Å². The van der Waals surface area contributed by atoms with Crippen molar-refractivity contribution in [3.8, 4) is 0 Å². The summed E-state index contributed by atoms with van der Waals surface area (Å²) in [6.45, 7) is 15.6. The normalized spacial score (nSPS) is 15.6. The Morgan fingerprint density at radius 3 is 1.26 bits per heavy atom. The maximum atomic E-state index is 12.8. The second kappa shape index (κ2) is 11.1. The molecule has 0 aromatic heterocycles. The fourth-order valence-corrected chi connectivity index (χ4v) is 4.09. The van der Waals surface area contributed by atoms with Gasteiger partial charge in [-0.15, -0.1) is 0 Å². The van der Waals surface area contributed by atoms with Crippen LogP contribution in [0, 0.1) is 0 Å². The Morgan fingerprint density at radius 1 is 0.600 bits per heavy atom. The number of carbonyl (C=O) groups excluding carboxylic acids is 2. The van der Waals surface area contributed by atoms with E-state index in [0.29, 0.717) is 26.2 Å². The average Bonchev–Trinajstić information content (AvgIpc) is 3.07. The Labute approximate surface area is 211 Å². The lowest BCUT2D eigenvalue weighted by molar-refractivity contribution is -0.128. The molecular weight excluding hydrogens is 432 g/mol. The number of hydrogen-bond acceptors (Lipinski definition) is 2. The van der Waals surface area contributed by atoms with Crippen LogP contribution in [0.4, 0.5) is 0 Å². The summed E-state index contributed by atoms with van der Waals surface area (Å²) in [5.74, 6) is -0.0117. The number of hydrogen-bond donors (Lipinski definition) is 0. The molecule has 0 bridgehead atoms. The van der Waals surface area contributed by atoms with Gasteiger partial charge < -0.3 is 9.80 Å². The highest BCUT2D eigenvalue weighted by atomic mass is 16.2. The van der Waals surface area contributed by atoms with Gasteiger partial charge in [0, 0.05) is 38.3 Å². The van der Waals surface area contributed by atoms with Gasteiger partial charge in [0.05, 0.1) is 0 Å². The van der Waals surface area contributed by atoms with Gasteiger partial charge in [-0.05, 0) is 51.7 Å². The van der Waals surface area contributed by atoms with Gasteiger partial charge in [-0.2, -0.15) is 0 Å². The lowest BCUT2D eigenvalue weighted by Crippen LogP contribution is -2.36. The molecule has 0 atom stereocenters. The number of benzene rings is 2. The van der Waals surface area contributed by atoms with Gasteiger partial charge in [0.15, 0.2) is 0 Å². The standard InChI is InChI=1S/C31H40N2O2/c1-30(2,3)26-14-8-24(9-15-26)12-18-28(34)32-20-7-21-33(23-22-32)29(35)19-13-25-10-16-27(17-11-25)31(4,5)6/h8-19H,7,20-23H2,1-6H3. The number of nitrogens with zero attached hydrogens (tertiary/aromatic N) is 2. The van der Waals surface area contributed by atoms with Crippen molar-refractivity contribution in [1.82, 2.24) is 9.80 Å². The molecule has 4 heteroatoms. The van der Waals surface area contributed by atoms with Crippen molar-refractivity contribution in [1.29, 1.82) is 0 Å². The minimum absolute atomic E-state index is 0.00585. The summed E-state index contributed by atoms with van der Waals surface area (Å²) in [7, 11) is 0. The molecule has 0 unspecified atom stereocenters. The van der Waals surface area contributed by atoms with Crippen LogP contribution in [0.15, 0.2) is 60.7 Å². The first-order valence-electron chi connectivity index (χ1n) is 12.6. The minimum atomic E-state index is -0.00585. The van der Waals surface area contributed by atoms with Crippen LogP contribution in [0.3, 0.4) is 0 Å². The van der Waals surface area contributed by atoms with Crippen LogP contribution in [-0.2, 0) is 20.4 Å². The number of rotatable bonds is 4. The van der Waals surface area contributed by atoms with Crippen molar-refractivity contribution in [2.24, 2.45) is 0 Å². The van der Waals surface area contributed by atoms with E-state index in [2.05, 4.69) is 90.1 Å².